The number of nitrogens with one attached hydrogen (secondary N) is 1. The van der Waals surface area contributed by atoms with Crippen molar-refractivity contribution in [1.82, 2.24) is 19.4 Å². The fourth-order valence-electron chi connectivity index (χ4n) is 1.86. The predicted molar refractivity (Wildman–Crippen MR) is 78.8 cm³/mol. The lowest BCUT2D eigenvalue weighted by Crippen LogP contribution is -2.27. The Morgan fingerprint density at radius 2 is 2.14 bits per heavy atom. The first kappa shape index (κ1) is 13.4. The van der Waals surface area contributed by atoms with E-state index in [0.29, 0.717) is 4.96 Å². The highest BCUT2D eigenvalue weighted by molar-refractivity contribution is 7.15. The number of carbonyl (C=O) groups excluding carboxylic acids is 1. The highest BCUT2D eigenvalue weighted by Gasteiger charge is 2.16. The van der Waals surface area contributed by atoms with Crippen LogP contribution in [0.5, 0.6) is 0 Å². The Hall–Kier alpha value is -2.61. The van der Waals surface area contributed by atoms with Crippen LogP contribution in [0, 0.1) is 13.8 Å². The molecule has 0 fully saturated rings. The van der Waals surface area contributed by atoms with E-state index >= 15 is 0 Å². The number of hydrogen-bond acceptors (Lipinski definition) is 6. The molecule has 0 aliphatic rings. The molecular weight excluding hydrogens is 290 g/mol. The molecular formula is C13H11N5O2S. The number of amides is 1. The first-order valence-corrected chi connectivity index (χ1v) is 7.01. The van der Waals surface area contributed by atoms with Crippen molar-refractivity contribution in [3.8, 4) is 0 Å². The lowest BCUT2D eigenvalue weighted by atomic mass is 10.3. The van der Waals surface area contributed by atoms with Crippen molar-refractivity contribution in [3.63, 3.8) is 0 Å². The Bertz CT molecular complexity index is 899. The van der Waals surface area contributed by atoms with Crippen LogP contribution in [0.25, 0.3) is 4.96 Å². The molecule has 7 nitrogen and oxygen atoms in total. The summed E-state index contributed by atoms with van der Waals surface area (Å²) in [6.45, 7) is 3.58. The molecule has 21 heavy (non-hydrogen) atoms. The SMILES string of the molecule is Cc1ccnc(NC(=O)c2cnc3scc(C)n3c2=O)n1. The third kappa shape index (κ3) is 2.40. The lowest BCUT2D eigenvalue weighted by molar-refractivity contribution is 0.102. The molecule has 0 spiro atoms. The van der Waals surface area contributed by atoms with Gasteiger partial charge in [-0.2, -0.15) is 0 Å². The first-order chi connectivity index (χ1) is 10.1. The fourth-order valence-corrected chi connectivity index (χ4v) is 2.69. The van der Waals surface area contributed by atoms with Gasteiger partial charge >= 0.3 is 0 Å². The van der Waals surface area contributed by atoms with Crippen LogP contribution in [0.1, 0.15) is 21.7 Å². The second-order valence-electron chi connectivity index (χ2n) is 4.45. The number of nitrogens with zero attached hydrogens (tertiary/aromatic N) is 4. The average molecular weight is 301 g/mol. The summed E-state index contributed by atoms with van der Waals surface area (Å²) in [6.07, 6.45) is 2.81. The van der Waals surface area contributed by atoms with Gasteiger partial charge in [0.25, 0.3) is 11.5 Å². The van der Waals surface area contributed by atoms with Gasteiger partial charge < -0.3 is 0 Å². The second-order valence-corrected chi connectivity index (χ2v) is 5.28. The number of rotatable bonds is 2. The molecule has 3 aromatic heterocycles. The van der Waals surface area contributed by atoms with Crippen LogP contribution < -0.4 is 10.9 Å². The largest absolute Gasteiger partial charge is 0.290 e. The molecule has 0 unspecified atom stereocenters. The number of fused-ring (bicyclic) bond motifs is 1. The molecule has 3 heterocycles. The van der Waals surface area contributed by atoms with Gasteiger partial charge in [0.15, 0.2) is 4.96 Å². The van der Waals surface area contributed by atoms with E-state index in [0.717, 1.165) is 11.4 Å². The van der Waals surface area contributed by atoms with Gasteiger partial charge in [-0.05, 0) is 19.9 Å². The standard InChI is InChI=1S/C13H11N5O2S/c1-7-3-4-14-12(16-7)17-10(19)9-5-15-13-18(11(9)20)8(2)6-21-13/h3-6H,1-2H3,(H,14,16,17,19). The van der Waals surface area contributed by atoms with Gasteiger partial charge in [-0.1, -0.05) is 0 Å². The van der Waals surface area contributed by atoms with Crippen LogP contribution in [0.3, 0.4) is 0 Å². The summed E-state index contributed by atoms with van der Waals surface area (Å²) in [5.74, 6) is -0.412. The summed E-state index contributed by atoms with van der Waals surface area (Å²) in [7, 11) is 0. The first-order valence-electron chi connectivity index (χ1n) is 6.13. The molecule has 0 saturated heterocycles. The molecule has 0 saturated carbocycles. The zero-order valence-corrected chi connectivity index (χ0v) is 12.1. The van der Waals surface area contributed by atoms with Crippen LogP contribution in [0.15, 0.2) is 28.6 Å². The van der Waals surface area contributed by atoms with Crippen LogP contribution in [-0.2, 0) is 0 Å². The van der Waals surface area contributed by atoms with E-state index in [4.69, 9.17) is 0 Å². The van der Waals surface area contributed by atoms with E-state index in [1.165, 1.54) is 28.1 Å². The van der Waals surface area contributed by atoms with Crippen LogP contribution >= 0.6 is 11.3 Å². The molecule has 0 aliphatic carbocycles. The summed E-state index contributed by atoms with van der Waals surface area (Å²) < 4.78 is 1.41. The van der Waals surface area contributed by atoms with Crippen molar-refractivity contribution >= 4 is 28.2 Å². The number of thiazole rings is 1. The normalized spacial score (nSPS) is 10.8. The van der Waals surface area contributed by atoms with Crippen LogP contribution in [-0.4, -0.2) is 25.3 Å². The number of hydrogen-bond donors (Lipinski definition) is 1. The lowest BCUT2D eigenvalue weighted by Gasteiger charge is -2.04. The molecule has 3 rings (SSSR count). The van der Waals surface area contributed by atoms with Crippen LogP contribution in [0.2, 0.25) is 0 Å². The van der Waals surface area contributed by atoms with Gasteiger partial charge in [0.05, 0.1) is 0 Å². The number of anilines is 1. The molecule has 3 aromatic rings. The van der Waals surface area contributed by atoms with Gasteiger partial charge in [0.2, 0.25) is 5.95 Å². The maximum atomic E-state index is 12.3. The number of aromatic nitrogens is 4. The van der Waals surface area contributed by atoms with E-state index < -0.39 is 11.5 Å². The second kappa shape index (κ2) is 5.06. The number of aryl methyl sites for hydroxylation is 2. The molecule has 8 heteroatoms. The Balaban J connectivity index is 2.00. The third-order valence-corrected chi connectivity index (χ3v) is 3.84. The topological polar surface area (TPSA) is 89.3 Å². The quantitative estimate of drug-likeness (QED) is 0.773. The molecule has 0 aromatic carbocycles. The average Bonchev–Trinajstić information content (AvgIpc) is 2.81. The molecule has 1 N–H and O–H groups in total. The molecule has 0 aliphatic heterocycles. The summed E-state index contributed by atoms with van der Waals surface area (Å²) in [5.41, 5.74) is 1.02. The van der Waals surface area contributed by atoms with Crippen molar-refractivity contribution in [1.29, 1.82) is 0 Å². The molecule has 106 valence electrons. The molecule has 0 bridgehead atoms. The summed E-state index contributed by atoms with van der Waals surface area (Å²) in [6, 6.07) is 1.72. The minimum atomic E-state index is -0.571. The monoisotopic (exact) mass is 301 g/mol. The Kier molecular flexibility index (Phi) is 3.22. The highest BCUT2D eigenvalue weighted by atomic mass is 32.1. The van der Waals surface area contributed by atoms with Gasteiger partial charge in [-0.15, -0.1) is 11.3 Å². The van der Waals surface area contributed by atoms with Gasteiger partial charge in [0, 0.05) is 29.2 Å². The molecule has 0 atom stereocenters. The maximum Gasteiger partial charge on any atom is 0.271 e. The molecule has 0 radical (unpaired) electrons. The van der Waals surface area contributed by atoms with E-state index in [9.17, 15) is 9.59 Å². The third-order valence-electron chi connectivity index (χ3n) is 2.88. The van der Waals surface area contributed by atoms with Crippen molar-refractivity contribution in [2.75, 3.05) is 5.32 Å². The number of carbonyl (C=O) groups is 1. The van der Waals surface area contributed by atoms with Crippen molar-refractivity contribution < 1.29 is 4.79 Å². The van der Waals surface area contributed by atoms with Gasteiger partial charge in [0.1, 0.15) is 5.56 Å². The Morgan fingerprint density at radius 3 is 2.90 bits per heavy atom. The zero-order valence-electron chi connectivity index (χ0n) is 11.3. The van der Waals surface area contributed by atoms with Gasteiger partial charge in [-0.3, -0.25) is 19.3 Å². The van der Waals surface area contributed by atoms with E-state index in [1.54, 1.807) is 19.9 Å². The summed E-state index contributed by atoms with van der Waals surface area (Å²) >= 11 is 1.35. The smallest absolute Gasteiger partial charge is 0.271 e. The minimum Gasteiger partial charge on any atom is -0.290 e. The Morgan fingerprint density at radius 1 is 1.33 bits per heavy atom. The zero-order chi connectivity index (χ0) is 15.0. The van der Waals surface area contributed by atoms with Crippen LogP contribution in [0.4, 0.5) is 5.95 Å². The van der Waals surface area contributed by atoms with E-state index in [2.05, 4.69) is 20.3 Å². The highest BCUT2D eigenvalue weighted by Crippen LogP contribution is 2.11. The van der Waals surface area contributed by atoms with Crippen molar-refractivity contribution in [2.45, 2.75) is 13.8 Å². The van der Waals surface area contributed by atoms with Crippen molar-refractivity contribution in [3.05, 3.63) is 51.1 Å². The molecule has 1 amide bonds. The van der Waals surface area contributed by atoms with E-state index in [-0.39, 0.29) is 11.5 Å². The van der Waals surface area contributed by atoms with E-state index in [1.807, 2.05) is 5.38 Å². The maximum absolute atomic E-state index is 12.3. The van der Waals surface area contributed by atoms with Gasteiger partial charge in [-0.25, -0.2) is 15.0 Å². The summed E-state index contributed by atoms with van der Waals surface area (Å²) in [4.78, 5) is 37.2. The predicted octanol–water partition coefficient (Wildman–Crippen LogP) is 1.42. The Labute approximate surface area is 123 Å². The fraction of sp³-hybridized carbons (Fsp3) is 0.154. The van der Waals surface area contributed by atoms with Crippen molar-refractivity contribution in [2.24, 2.45) is 0 Å². The summed E-state index contributed by atoms with van der Waals surface area (Å²) in [5, 5.41) is 4.32. The minimum absolute atomic E-state index is 0.0425.